The number of likely N-dealkylation sites (N-methyl/N-ethyl adjacent to an activating group) is 1. The lowest BCUT2D eigenvalue weighted by molar-refractivity contribution is 0.0697. The number of para-hydroxylation sites is 1. The summed E-state index contributed by atoms with van der Waals surface area (Å²) < 4.78 is 0. The van der Waals surface area contributed by atoms with Gasteiger partial charge >= 0.3 is 5.97 Å². The van der Waals surface area contributed by atoms with Gasteiger partial charge in [0.2, 0.25) is 0 Å². The number of carbonyl (C=O) groups is 1. The van der Waals surface area contributed by atoms with E-state index >= 15 is 0 Å². The molecule has 20 heavy (non-hydrogen) atoms. The maximum absolute atomic E-state index is 11.3. The number of aromatic carboxylic acids is 1. The highest BCUT2D eigenvalue weighted by Gasteiger charge is 2.15. The molecular formula is C16H18N2O2. The first-order valence-electron chi connectivity index (χ1n) is 6.52. The Balaban J connectivity index is 2.17. The summed E-state index contributed by atoms with van der Waals surface area (Å²) in [7, 11) is 1.93. The Bertz CT molecular complexity index is 597. The molecule has 0 bridgehead atoms. The van der Waals surface area contributed by atoms with Crippen LogP contribution in [-0.2, 0) is 6.42 Å². The van der Waals surface area contributed by atoms with Gasteiger partial charge in [0.05, 0.1) is 11.3 Å². The van der Waals surface area contributed by atoms with Crippen LogP contribution in [0.15, 0.2) is 42.7 Å². The van der Waals surface area contributed by atoms with E-state index in [9.17, 15) is 9.90 Å². The Morgan fingerprint density at radius 1 is 1.25 bits per heavy atom. The monoisotopic (exact) mass is 270 g/mol. The summed E-state index contributed by atoms with van der Waals surface area (Å²) in [4.78, 5) is 17.3. The lowest BCUT2D eigenvalue weighted by Gasteiger charge is -2.23. The van der Waals surface area contributed by atoms with Gasteiger partial charge in [-0.1, -0.05) is 12.1 Å². The topological polar surface area (TPSA) is 53.4 Å². The number of rotatable bonds is 5. The van der Waals surface area contributed by atoms with Gasteiger partial charge in [0, 0.05) is 26.0 Å². The minimum absolute atomic E-state index is 0.349. The van der Waals surface area contributed by atoms with Gasteiger partial charge in [-0.2, -0.15) is 0 Å². The standard InChI is InChI=1S/C16H18N2O2/c1-12-4-3-5-14(16(19)20)15(12)18(2)11-8-13-6-9-17-10-7-13/h3-7,9-10H,8,11H2,1-2H3,(H,19,20). The van der Waals surface area contributed by atoms with Gasteiger partial charge in [0.1, 0.15) is 0 Å². The number of hydrogen-bond donors (Lipinski definition) is 1. The molecule has 0 atom stereocenters. The van der Waals surface area contributed by atoms with Crippen molar-refractivity contribution in [3.8, 4) is 0 Å². The highest BCUT2D eigenvalue weighted by atomic mass is 16.4. The fourth-order valence-corrected chi connectivity index (χ4v) is 2.30. The van der Waals surface area contributed by atoms with Crippen LogP contribution in [0.25, 0.3) is 0 Å². The number of nitrogens with zero attached hydrogens (tertiary/aromatic N) is 2. The maximum Gasteiger partial charge on any atom is 0.337 e. The van der Waals surface area contributed by atoms with Crippen LogP contribution in [0.1, 0.15) is 21.5 Å². The number of benzene rings is 1. The number of aromatic nitrogens is 1. The highest BCUT2D eigenvalue weighted by molar-refractivity contribution is 5.95. The molecule has 1 aromatic heterocycles. The van der Waals surface area contributed by atoms with Gasteiger partial charge in [-0.25, -0.2) is 4.79 Å². The molecule has 0 aliphatic carbocycles. The maximum atomic E-state index is 11.3. The Kier molecular flexibility index (Phi) is 4.35. The molecule has 0 fully saturated rings. The molecule has 1 aromatic carbocycles. The molecule has 0 unspecified atom stereocenters. The fraction of sp³-hybridized carbons (Fsp3) is 0.250. The van der Waals surface area contributed by atoms with Crippen molar-refractivity contribution in [2.24, 2.45) is 0 Å². The fourth-order valence-electron chi connectivity index (χ4n) is 2.30. The van der Waals surface area contributed by atoms with Gasteiger partial charge in [-0.3, -0.25) is 4.98 Å². The van der Waals surface area contributed by atoms with E-state index in [0.29, 0.717) is 5.56 Å². The second-order valence-corrected chi connectivity index (χ2v) is 4.80. The van der Waals surface area contributed by atoms with Crippen LogP contribution in [0, 0.1) is 6.92 Å². The van der Waals surface area contributed by atoms with Crippen LogP contribution in [-0.4, -0.2) is 29.7 Å². The van der Waals surface area contributed by atoms with E-state index in [-0.39, 0.29) is 0 Å². The predicted molar refractivity (Wildman–Crippen MR) is 79.3 cm³/mol. The lowest BCUT2D eigenvalue weighted by atomic mass is 10.1. The number of carboxylic acid groups (broad SMARTS) is 1. The molecule has 2 rings (SSSR count). The van der Waals surface area contributed by atoms with Crippen molar-refractivity contribution in [2.75, 3.05) is 18.5 Å². The van der Waals surface area contributed by atoms with E-state index in [0.717, 1.165) is 24.2 Å². The van der Waals surface area contributed by atoms with Gasteiger partial charge < -0.3 is 10.0 Å². The van der Waals surface area contributed by atoms with Crippen LogP contribution in [0.4, 0.5) is 5.69 Å². The molecule has 4 heteroatoms. The first-order chi connectivity index (χ1) is 9.59. The van der Waals surface area contributed by atoms with E-state index < -0.39 is 5.97 Å². The zero-order chi connectivity index (χ0) is 14.5. The normalized spacial score (nSPS) is 10.3. The molecule has 0 aliphatic heterocycles. The van der Waals surface area contributed by atoms with Crippen LogP contribution in [0.5, 0.6) is 0 Å². The van der Waals surface area contributed by atoms with E-state index in [1.165, 1.54) is 5.56 Å². The Hall–Kier alpha value is -2.36. The minimum atomic E-state index is -0.889. The van der Waals surface area contributed by atoms with E-state index in [1.54, 1.807) is 24.5 Å². The van der Waals surface area contributed by atoms with E-state index in [2.05, 4.69) is 4.98 Å². The molecule has 0 radical (unpaired) electrons. The number of anilines is 1. The molecule has 1 heterocycles. The third kappa shape index (κ3) is 3.15. The number of aryl methyl sites for hydroxylation is 1. The SMILES string of the molecule is Cc1cccc(C(=O)O)c1N(C)CCc1ccncc1. The molecule has 0 saturated heterocycles. The zero-order valence-electron chi connectivity index (χ0n) is 11.7. The van der Waals surface area contributed by atoms with Crippen molar-refractivity contribution in [1.29, 1.82) is 0 Å². The van der Waals surface area contributed by atoms with Crippen molar-refractivity contribution in [3.05, 3.63) is 59.4 Å². The van der Waals surface area contributed by atoms with Crippen molar-refractivity contribution >= 4 is 11.7 Å². The third-order valence-electron chi connectivity index (χ3n) is 3.34. The molecule has 4 nitrogen and oxygen atoms in total. The van der Waals surface area contributed by atoms with E-state index in [4.69, 9.17) is 0 Å². The summed E-state index contributed by atoms with van der Waals surface area (Å²) in [6, 6.07) is 9.31. The minimum Gasteiger partial charge on any atom is -0.478 e. The largest absolute Gasteiger partial charge is 0.478 e. The molecule has 104 valence electrons. The molecule has 0 saturated carbocycles. The van der Waals surface area contributed by atoms with Crippen LogP contribution in [0.2, 0.25) is 0 Å². The second-order valence-electron chi connectivity index (χ2n) is 4.80. The number of carboxylic acids is 1. The van der Waals surface area contributed by atoms with E-state index in [1.807, 2.05) is 37.1 Å². The summed E-state index contributed by atoms with van der Waals surface area (Å²) in [6.07, 6.45) is 4.39. The Morgan fingerprint density at radius 3 is 2.60 bits per heavy atom. The molecule has 1 N–H and O–H groups in total. The smallest absolute Gasteiger partial charge is 0.337 e. The van der Waals surface area contributed by atoms with Crippen molar-refractivity contribution in [3.63, 3.8) is 0 Å². The van der Waals surface area contributed by atoms with Crippen molar-refractivity contribution in [1.82, 2.24) is 4.98 Å². The Morgan fingerprint density at radius 2 is 1.95 bits per heavy atom. The second kappa shape index (κ2) is 6.19. The predicted octanol–water partition coefficient (Wildman–Crippen LogP) is 2.77. The quantitative estimate of drug-likeness (QED) is 0.907. The summed E-state index contributed by atoms with van der Waals surface area (Å²) in [6.45, 7) is 2.69. The molecular weight excluding hydrogens is 252 g/mol. The third-order valence-corrected chi connectivity index (χ3v) is 3.34. The molecule has 0 aliphatic rings. The summed E-state index contributed by atoms with van der Waals surface area (Å²) in [5, 5.41) is 9.29. The van der Waals surface area contributed by atoms with Crippen LogP contribution in [0.3, 0.4) is 0 Å². The Labute approximate surface area is 118 Å². The summed E-state index contributed by atoms with van der Waals surface area (Å²) in [5.41, 5.74) is 3.30. The average molecular weight is 270 g/mol. The number of pyridine rings is 1. The van der Waals surface area contributed by atoms with Gasteiger partial charge in [0.15, 0.2) is 0 Å². The molecule has 0 amide bonds. The van der Waals surface area contributed by atoms with Gasteiger partial charge in [-0.05, 0) is 42.7 Å². The number of hydrogen-bond acceptors (Lipinski definition) is 3. The van der Waals surface area contributed by atoms with Crippen LogP contribution < -0.4 is 4.90 Å². The van der Waals surface area contributed by atoms with Crippen molar-refractivity contribution in [2.45, 2.75) is 13.3 Å². The molecule has 2 aromatic rings. The average Bonchev–Trinajstić information content (AvgIpc) is 2.45. The van der Waals surface area contributed by atoms with Crippen LogP contribution >= 0.6 is 0 Å². The van der Waals surface area contributed by atoms with Gasteiger partial charge in [0.25, 0.3) is 0 Å². The highest BCUT2D eigenvalue weighted by Crippen LogP contribution is 2.24. The summed E-state index contributed by atoms with van der Waals surface area (Å²) >= 11 is 0. The van der Waals surface area contributed by atoms with Crippen molar-refractivity contribution < 1.29 is 9.90 Å². The molecule has 0 spiro atoms. The van der Waals surface area contributed by atoms with Gasteiger partial charge in [-0.15, -0.1) is 0 Å². The summed E-state index contributed by atoms with van der Waals surface area (Å²) in [5.74, 6) is -0.889. The first kappa shape index (κ1) is 14.1. The lowest BCUT2D eigenvalue weighted by Crippen LogP contribution is -2.23. The zero-order valence-corrected chi connectivity index (χ0v) is 11.7. The first-order valence-corrected chi connectivity index (χ1v) is 6.52.